The average molecular weight is 477 g/mol. The van der Waals surface area contributed by atoms with Crippen LogP contribution in [0.25, 0.3) is 28.1 Å². The summed E-state index contributed by atoms with van der Waals surface area (Å²) >= 11 is 0. The Morgan fingerprint density at radius 1 is 1.11 bits per heavy atom. The Morgan fingerprint density at radius 2 is 1.97 bits per heavy atom. The molecule has 0 unspecified atom stereocenters. The van der Waals surface area contributed by atoms with Crippen molar-refractivity contribution in [2.24, 2.45) is 0 Å². The van der Waals surface area contributed by atoms with E-state index in [4.69, 9.17) is 9.72 Å². The van der Waals surface area contributed by atoms with Gasteiger partial charge in [-0.3, -0.25) is 0 Å². The number of aryl methyl sites for hydroxylation is 1. The van der Waals surface area contributed by atoms with E-state index in [1.807, 2.05) is 29.7 Å². The van der Waals surface area contributed by atoms with E-state index >= 15 is 0 Å². The number of esters is 1. The molecule has 0 aliphatic carbocycles. The molecule has 0 aliphatic rings. The zero-order valence-corrected chi connectivity index (χ0v) is 19.0. The number of rotatable bonds is 7. The largest absolute Gasteiger partial charge is 0.461 e. The van der Waals surface area contributed by atoms with Crippen molar-refractivity contribution in [2.75, 3.05) is 6.61 Å². The van der Waals surface area contributed by atoms with Gasteiger partial charge in [-0.1, -0.05) is 5.21 Å². The Labute approximate surface area is 198 Å². The number of fused-ring (bicyclic) bond motifs is 1. The van der Waals surface area contributed by atoms with Gasteiger partial charge in [0.25, 0.3) is 0 Å². The molecule has 0 saturated heterocycles. The predicted molar refractivity (Wildman–Crippen MR) is 123 cm³/mol. The lowest BCUT2D eigenvalue weighted by Gasteiger charge is -2.10. The van der Waals surface area contributed by atoms with E-state index in [-0.39, 0.29) is 17.9 Å². The molecule has 11 heteroatoms. The number of aromatic nitrogens is 7. The maximum atomic E-state index is 14.4. The zero-order valence-electron chi connectivity index (χ0n) is 19.0. The van der Waals surface area contributed by atoms with Crippen LogP contribution in [-0.4, -0.2) is 46.7 Å². The summed E-state index contributed by atoms with van der Waals surface area (Å²) in [5.74, 6) is -0.595. The van der Waals surface area contributed by atoms with E-state index in [1.165, 1.54) is 10.9 Å². The molecule has 0 atom stereocenters. The Balaban J connectivity index is 1.50. The van der Waals surface area contributed by atoms with Crippen molar-refractivity contribution in [3.63, 3.8) is 0 Å². The van der Waals surface area contributed by atoms with Crippen molar-refractivity contribution in [3.8, 4) is 17.1 Å². The van der Waals surface area contributed by atoms with E-state index in [2.05, 4.69) is 15.3 Å². The fraction of sp³-hybridized carbons (Fsp3) is 0.208. The Hall–Kier alpha value is -4.41. The van der Waals surface area contributed by atoms with Crippen molar-refractivity contribution in [1.82, 2.24) is 34.1 Å². The van der Waals surface area contributed by atoms with Crippen molar-refractivity contribution in [3.05, 3.63) is 78.1 Å². The molecule has 0 radical (unpaired) electrons. The lowest BCUT2D eigenvalue weighted by atomic mass is 10.2. The van der Waals surface area contributed by atoms with Gasteiger partial charge in [-0.05, 0) is 50.2 Å². The highest BCUT2D eigenvalue weighted by atomic mass is 19.1. The molecule has 0 aliphatic heterocycles. The van der Waals surface area contributed by atoms with Gasteiger partial charge in [0, 0.05) is 18.9 Å². The molecule has 3 heterocycles. The third kappa shape index (κ3) is 4.16. The minimum atomic E-state index is -0.553. The highest BCUT2D eigenvalue weighted by molar-refractivity contribution is 5.87. The monoisotopic (exact) mass is 477 g/mol. The summed E-state index contributed by atoms with van der Waals surface area (Å²) < 4.78 is 38.4. The quantitative estimate of drug-likeness (QED) is 0.329. The highest BCUT2D eigenvalue weighted by Gasteiger charge is 2.17. The number of ether oxygens (including phenoxy) is 1. The molecule has 0 amide bonds. The number of carbonyl (C=O) groups is 1. The van der Waals surface area contributed by atoms with Crippen molar-refractivity contribution < 1.29 is 18.3 Å². The zero-order chi connectivity index (χ0) is 24.5. The summed E-state index contributed by atoms with van der Waals surface area (Å²) in [5, 5.41) is 7.90. The normalized spacial score (nSPS) is 11.3. The molecule has 9 nitrogen and oxygen atoms in total. The molecule has 0 saturated carbocycles. The van der Waals surface area contributed by atoms with Crippen LogP contribution >= 0.6 is 0 Å². The van der Waals surface area contributed by atoms with Crippen LogP contribution in [0, 0.1) is 11.6 Å². The van der Waals surface area contributed by atoms with Gasteiger partial charge in [0.2, 0.25) is 0 Å². The second-order valence-electron chi connectivity index (χ2n) is 7.72. The number of halogens is 2. The van der Waals surface area contributed by atoms with E-state index < -0.39 is 17.6 Å². The lowest BCUT2D eigenvalue weighted by Crippen LogP contribution is -2.09. The smallest absolute Gasteiger partial charge is 0.360 e. The van der Waals surface area contributed by atoms with Crippen LogP contribution in [0.1, 0.15) is 30.2 Å². The first-order valence-corrected chi connectivity index (χ1v) is 11.0. The van der Waals surface area contributed by atoms with E-state index in [0.717, 1.165) is 29.5 Å². The molecule has 178 valence electrons. The second-order valence-corrected chi connectivity index (χ2v) is 7.72. The van der Waals surface area contributed by atoms with Crippen molar-refractivity contribution in [2.45, 2.75) is 26.9 Å². The molecule has 35 heavy (non-hydrogen) atoms. The van der Waals surface area contributed by atoms with Gasteiger partial charge in [0.15, 0.2) is 5.69 Å². The van der Waals surface area contributed by atoms with Gasteiger partial charge in [-0.25, -0.2) is 28.2 Å². The molecule has 5 rings (SSSR count). The molecule has 2 aromatic carbocycles. The van der Waals surface area contributed by atoms with Crippen molar-refractivity contribution in [1.29, 1.82) is 0 Å². The number of hydrogen-bond acceptors (Lipinski definition) is 6. The topological polar surface area (TPSA) is 92.7 Å². The Bertz CT molecular complexity index is 1540. The van der Waals surface area contributed by atoms with Crippen LogP contribution in [0.5, 0.6) is 0 Å². The molecular formula is C24H21F2N7O2. The highest BCUT2D eigenvalue weighted by Crippen LogP contribution is 2.25. The molecule has 3 aromatic heterocycles. The first kappa shape index (κ1) is 22.4. The first-order valence-electron chi connectivity index (χ1n) is 11.0. The predicted octanol–water partition coefficient (Wildman–Crippen LogP) is 4.00. The van der Waals surface area contributed by atoms with Crippen molar-refractivity contribution >= 4 is 17.0 Å². The fourth-order valence-electron chi connectivity index (χ4n) is 3.97. The summed E-state index contributed by atoms with van der Waals surface area (Å²) in [6, 6.07) is 8.91. The standard InChI is InChI=1S/C24H21F2N7O2/c1-3-32-21-8-6-16(33-13-20(29-30-33)24(34)35-4-2)12-19(21)28-22(32)14-31-10-9-27-23(31)17-11-15(25)5-7-18(17)26/h5-13H,3-4,14H2,1-2H3. The maximum Gasteiger partial charge on any atom is 0.360 e. The van der Waals surface area contributed by atoms with Gasteiger partial charge in [0.05, 0.1) is 41.6 Å². The first-order chi connectivity index (χ1) is 17.0. The SMILES string of the molecule is CCOC(=O)c1cn(-c2ccc3c(c2)nc(Cn2ccnc2-c2cc(F)ccc2F)n3CC)nn1. The Kier molecular flexibility index (Phi) is 5.81. The van der Waals surface area contributed by atoms with Crippen LogP contribution in [-0.2, 0) is 17.8 Å². The maximum absolute atomic E-state index is 14.4. The lowest BCUT2D eigenvalue weighted by molar-refractivity contribution is 0.0519. The van der Waals surface area contributed by atoms with Gasteiger partial charge < -0.3 is 13.9 Å². The molecular weight excluding hydrogens is 456 g/mol. The van der Waals surface area contributed by atoms with Gasteiger partial charge >= 0.3 is 5.97 Å². The Morgan fingerprint density at radius 3 is 2.77 bits per heavy atom. The summed E-state index contributed by atoms with van der Waals surface area (Å²) in [5.41, 5.74) is 2.49. The molecule has 0 fully saturated rings. The fourth-order valence-corrected chi connectivity index (χ4v) is 3.97. The summed E-state index contributed by atoms with van der Waals surface area (Å²) in [6.07, 6.45) is 4.75. The van der Waals surface area contributed by atoms with Crippen LogP contribution in [0.3, 0.4) is 0 Å². The summed E-state index contributed by atoms with van der Waals surface area (Å²) in [4.78, 5) is 20.9. The molecule has 0 N–H and O–H groups in total. The number of carbonyl (C=O) groups excluding carboxylic acids is 1. The summed E-state index contributed by atoms with van der Waals surface area (Å²) in [7, 11) is 0. The van der Waals surface area contributed by atoms with Crippen LogP contribution in [0.4, 0.5) is 8.78 Å². The van der Waals surface area contributed by atoms with Crippen LogP contribution in [0.2, 0.25) is 0 Å². The average Bonchev–Trinajstić information content (AvgIpc) is 3.59. The van der Waals surface area contributed by atoms with Gasteiger partial charge in [-0.15, -0.1) is 5.10 Å². The number of hydrogen-bond donors (Lipinski definition) is 0. The molecule has 0 spiro atoms. The van der Waals surface area contributed by atoms with Gasteiger partial charge in [0.1, 0.15) is 23.3 Å². The third-order valence-corrected chi connectivity index (χ3v) is 5.57. The minimum absolute atomic E-state index is 0.0834. The minimum Gasteiger partial charge on any atom is -0.461 e. The van der Waals surface area contributed by atoms with E-state index in [1.54, 1.807) is 23.9 Å². The van der Waals surface area contributed by atoms with E-state index in [9.17, 15) is 13.6 Å². The van der Waals surface area contributed by atoms with E-state index in [0.29, 0.717) is 30.1 Å². The summed E-state index contributed by atoms with van der Waals surface area (Å²) in [6.45, 7) is 4.93. The second kappa shape index (κ2) is 9.09. The van der Waals surface area contributed by atoms with Crippen LogP contribution < -0.4 is 0 Å². The third-order valence-electron chi connectivity index (χ3n) is 5.57. The number of benzene rings is 2. The van der Waals surface area contributed by atoms with Crippen LogP contribution in [0.15, 0.2) is 55.0 Å². The number of nitrogens with zero attached hydrogens (tertiary/aromatic N) is 7. The molecule has 0 bridgehead atoms. The molecule has 5 aromatic rings. The number of imidazole rings is 2. The van der Waals surface area contributed by atoms with Gasteiger partial charge in [-0.2, -0.15) is 0 Å².